The van der Waals surface area contributed by atoms with Gasteiger partial charge < -0.3 is 14.6 Å². The number of rotatable bonds is 7. The lowest BCUT2D eigenvalue weighted by molar-refractivity contribution is 0.199. The molecule has 0 fully saturated rings. The molecule has 110 valence electrons. The van der Waals surface area contributed by atoms with Crippen LogP contribution in [0.15, 0.2) is 36.5 Å². The average Bonchev–Trinajstić information content (AvgIpc) is 2.93. The largest absolute Gasteiger partial charge is 0.383 e. The summed E-state index contributed by atoms with van der Waals surface area (Å²) in [6.07, 6.45) is 1.91. The van der Waals surface area contributed by atoms with Gasteiger partial charge in [0, 0.05) is 37.7 Å². The number of hydrogen-bond acceptors (Lipinski definition) is 3. The first kappa shape index (κ1) is 15.2. The second-order valence-electron chi connectivity index (χ2n) is 4.71. The molecule has 0 unspecified atom stereocenters. The van der Waals surface area contributed by atoms with Crippen molar-refractivity contribution in [1.29, 1.82) is 5.26 Å². The van der Waals surface area contributed by atoms with Crippen LogP contribution in [0.1, 0.15) is 16.8 Å². The predicted octanol–water partition coefficient (Wildman–Crippen LogP) is 2.28. The van der Waals surface area contributed by atoms with E-state index in [9.17, 15) is 4.39 Å². The van der Waals surface area contributed by atoms with E-state index in [-0.39, 0.29) is 5.82 Å². The van der Waals surface area contributed by atoms with Gasteiger partial charge in [-0.1, -0.05) is 0 Å². The smallest absolute Gasteiger partial charge is 0.128 e. The third-order valence-electron chi connectivity index (χ3n) is 3.23. The third-order valence-corrected chi connectivity index (χ3v) is 3.23. The number of aromatic nitrogens is 1. The van der Waals surface area contributed by atoms with Crippen molar-refractivity contribution in [3.63, 3.8) is 0 Å². The molecule has 1 aromatic carbocycles. The van der Waals surface area contributed by atoms with Gasteiger partial charge in [-0.15, -0.1) is 0 Å². The third kappa shape index (κ3) is 4.15. The lowest BCUT2D eigenvalue weighted by Gasteiger charge is -2.11. The highest BCUT2D eigenvalue weighted by atomic mass is 19.1. The van der Waals surface area contributed by atoms with Crippen molar-refractivity contribution in [2.75, 3.05) is 20.3 Å². The van der Waals surface area contributed by atoms with Gasteiger partial charge in [-0.2, -0.15) is 5.26 Å². The summed E-state index contributed by atoms with van der Waals surface area (Å²) in [5.74, 6) is -0.291. The van der Waals surface area contributed by atoms with Gasteiger partial charge in [-0.25, -0.2) is 4.39 Å². The number of halogens is 1. The van der Waals surface area contributed by atoms with Crippen LogP contribution in [0.2, 0.25) is 0 Å². The van der Waals surface area contributed by atoms with E-state index in [2.05, 4.69) is 5.32 Å². The van der Waals surface area contributed by atoms with Crippen molar-refractivity contribution in [3.05, 3.63) is 59.2 Å². The zero-order valence-electron chi connectivity index (χ0n) is 12.0. The van der Waals surface area contributed by atoms with E-state index in [0.717, 1.165) is 12.2 Å². The highest BCUT2D eigenvalue weighted by molar-refractivity contribution is 5.34. The van der Waals surface area contributed by atoms with Crippen LogP contribution in [-0.2, 0) is 17.8 Å². The molecule has 5 heteroatoms. The van der Waals surface area contributed by atoms with Crippen LogP contribution in [0.4, 0.5) is 4.39 Å². The zero-order valence-corrected chi connectivity index (χ0v) is 12.0. The van der Waals surface area contributed by atoms with E-state index in [1.165, 1.54) is 12.1 Å². The van der Waals surface area contributed by atoms with Crippen molar-refractivity contribution in [2.24, 2.45) is 0 Å². The minimum atomic E-state index is -0.291. The van der Waals surface area contributed by atoms with Crippen molar-refractivity contribution < 1.29 is 9.13 Å². The SMILES string of the molecule is COCCNCc1cccn1Cc1cc(C#N)ccc1F. The monoisotopic (exact) mass is 287 g/mol. The molecule has 0 atom stereocenters. The molecule has 0 radical (unpaired) electrons. The molecule has 2 rings (SSSR count). The minimum absolute atomic E-state index is 0.291. The van der Waals surface area contributed by atoms with Crippen molar-refractivity contribution >= 4 is 0 Å². The van der Waals surface area contributed by atoms with Crippen LogP contribution in [0.5, 0.6) is 0 Å². The van der Waals surface area contributed by atoms with Gasteiger partial charge in [0.1, 0.15) is 5.82 Å². The number of nitrogens with one attached hydrogen (secondary N) is 1. The Morgan fingerprint density at radius 3 is 3.00 bits per heavy atom. The molecule has 1 N–H and O–H groups in total. The zero-order chi connectivity index (χ0) is 15.1. The summed E-state index contributed by atoms with van der Waals surface area (Å²) in [7, 11) is 1.66. The van der Waals surface area contributed by atoms with E-state index < -0.39 is 0 Å². The fourth-order valence-corrected chi connectivity index (χ4v) is 2.10. The Kier molecular flexibility index (Phi) is 5.50. The van der Waals surface area contributed by atoms with Crippen molar-refractivity contribution in [3.8, 4) is 6.07 Å². The van der Waals surface area contributed by atoms with E-state index in [1.807, 2.05) is 29.0 Å². The maximum absolute atomic E-state index is 13.8. The van der Waals surface area contributed by atoms with E-state index >= 15 is 0 Å². The summed E-state index contributed by atoms with van der Waals surface area (Å²) in [5, 5.41) is 12.2. The van der Waals surface area contributed by atoms with E-state index in [0.29, 0.717) is 30.8 Å². The van der Waals surface area contributed by atoms with Gasteiger partial charge in [-0.05, 0) is 30.3 Å². The highest BCUT2D eigenvalue weighted by Crippen LogP contribution is 2.13. The van der Waals surface area contributed by atoms with Crippen LogP contribution >= 0.6 is 0 Å². The van der Waals surface area contributed by atoms with Crippen LogP contribution < -0.4 is 5.32 Å². The quantitative estimate of drug-likeness (QED) is 0.795. The van der Waals surface area contributed by atoms with E-state index in [1.54, 1.807) is 13.2 Å². The molecule has 1 aromatic heterocycles. The maximum Gasteiger partial charge on any atom is 0.128 e. The highest BCUT2D eigenvalue weighted by Gasteiger charge is 2.07. The molecular formula is C16H18FN3O. The molecule has 21 heavy (non-hydrogen) atoms. The summed E-state index contributed by atoms with van der Waals surface area (Å²) in [4.78, 5) is 0. The first-order valence-corrected chi connectivity index (χ1v) is 6.77. The topological polar surface area (TPSA) is 50.0 Å². The maximum atomic E-state index is 13.8. The summed E-state index contributed by atoms with van der Waals surface area (Å²) in [5.41, 5.74) is 2.05. The Bertz CT molecular complexity index is 631. The van der Waals surface area contributed by atoms with Crippen LogP contribution in [0.25, 0.3) is 0 Å². The molecule has 0 aliphatic rings. The Hall–Kier alpha value is -2.16. The van der Waals surface area contributed by atoms with Gasteiger partial charge in [0.2, 0.25) is 0 Å². The number of benzene rings is 1. The molecular weight excluding hydrogens is 269 g/mol. The molecule has 0 spiro atoms. The second-order valence-corrected chi connectivity index (χ2v) is 4.71. The summed E-state index contributed by atoms with van der Waals surface area (Å²) < 4.78 is 20.8. The molecule has 0 amide bonds. The molecule has 0 bridgehead atoms. The van der Waals surface area contributed by atoms with Crippen LogP contribution in [-0.4, -0.2) is 24.8 Å². The van der Waals surface area contributed by atoms with Crippen LogP contribution in [0, 0.1) is 17.1 Å². The number of ether oxygens (including phenoxy) is 1. The number of methoxy groups -OCH3 is 1. The van der Waals surface area contributed by atoms with Crippen LogP contribution in [0.3, 0.4) is 0 Å². The Labute approximate surface area is 123 Å². The lowest BCUT2D eigenvalue weighted by atomic mass is 10.1. The summed E-state index contributed by atoms with van der Waals surface area (Å²) >= 11 is 0. The Balaban J connectivity index is 2.07. The predicted molar refractivity (Wildman–Crippen MR) is 78.2 cm³/mol. The van der Waals surface area contributed by atoms with Gasteiger partial charge in [0.25, 0.3) is 0 Å². The Morgan fingerprint density at radius 2 is 2.24 bits per heavy atom. The second kappa shape index (κ2) is 7.58. The fourth-order valence-electron chi connectivity index (χ4n) is 2.10. The van der Waals surface area contributed by atoms with Crippen molar-refractivity contribution in [1.82, 2.24) is 9.88 Å². The normalized spacial score (nSPS) is 10.5. The van der Waals surface area contributed by atoms with Gasteiger partial charge in [0.15, 0.2) is 0 Å². The fraction of sp³-hybridized carbons (Fsp3) is 0.312. The van der Waals surface area contributed by atoms with Gasteiger partial charge in [-0.3, -0.25) is 0 Å². The molecule has 0 aliphatic heterocycles. The van der Waals surface area contributed by atoms with Crippen molar-refractivity contribution in [2.45, 2.75) is 13.1 Å². The standard InChI is InChI=1S/C16H18FN3O/c1-21-8-6-19-11-15-3-2-7-20(15)12-14-9-13(10-18)4-5-16(14)17/h2-5,7,9,19H,6,8,11-12H2,1H3. The van der Waals surface area contributed by atoms with E-state index in [4.69, 9.17) is 10.00 Å². The number of nitrogens with zero attached hydrogens (tertiary/aromatic N) is 2. The molecule has 0 aliphatic carbocycles. The first-order chi connectivity index (χ1) is 10.2. The molecule has 4 nitrogen and oxygen atoms in total. The van der Waals surface area contributed by atoms with Gasteiger partial charge in [0.05, 0.1) is 24.8 Å². The lowest BCUT2D eigenvalue weighted by Crippen LogP contribution is -2.20. The summed E-state index contributed by atoms with van der Waals surface area (Å²) in [6.45, 7) is 2.52. The Morgan fingerprint density at radius 1 is 1.38 bits per heavy atom. The molecule has 1 heterocycles. The first-order valence-electron chi connectivity index (χ1n) is 6.77. The number of nitriles is 1. The molecule has 2 aromatic rings. The number of hydrogen-bond donors (Lipinski definition) is 1. The minimum Gasteiger partial charge on any atom is -0.383 e. The average molecular weight is 287 g/mol. The van der Waals surface area contributed by atoms with Gasteiger partial charge >= 0.3 is 0 Å². The summed E-state index contributed by atoms with van der Waals surface area (Å²) in [6, 6.07) is 10.4. The molecule has 0 saturated carbocycles. The molecule has 0 saturated heterocycles.